The number of nitrogens with two attached hydrogens (primary N) is 1. The summed E-state index contributed by atoms with van der Waals surface area (Å²) in [4.78, 5) is 2.37. The van der Waals surface area contributed by atoms with E-state index in [1.165, 1.54) is 11.3 Å². The molecule has 0 spiro atoms. The highest BCUT2D eigenvalue weighted by Gasteiger charge is 2.19. The van der Waals surface area contributed by atoms with Crippen LogP contribution in [0.5, 0.6) is 0 Å². The lowest BCUT2D eigenvalue weighted by Crippen LogP contribution is -2.36. The Hall–Kier alpha value is -1.06. The standard InChI is InChI=1S/C14H22N2O/c1-11(15)10-12-4-2-3-5-14(12)16-8-6-13(17)7-9-16/h2-5,11,13,17H,6-10,15H2,1H3. The van der Waals surface area contributed by atoms with Gasteiger partial charge in [-0.05, 0) is 37.8 Å². The van der Waals surface area contributed by atoms with E-state index in [9.17, 15) is 5.11 Å². The molecule has 3 heteroatoms. The van der Waals surface area contributed by atoms with Gasteiger partial charge in [-0.3, -0.25) is 0 Å². The minimum atomic E-state index is -0.119. The van der Waals surface area contributed by atoms with E-state index in [1.54, 1.807) is 0 Å². The quantitative estimate of drug-likeness (QED) is 0.834. The van der Waals surface area contributed by atoms with Crippen LogP contribution in [-0.2, 0) is 6.42 Å². The second kappa shape index (κ2) is 5.52. The molecular formula is C14H22N2O. The van der Waals surface area contributed by atoms with Crippen molar-refractivity contribution in [1.82, 2.24) is 0 Å². The molecule has 0 aromatic heterocycles. The molecule has 3 N–H and O–H groups in total. The maximum atomic E-state index is 9.54. The Bertz CT molecular complexity index is 357. The van der Waals surface area contributed by atoms with E-state index >= 15 is 0 Å². The fourth-order valence-corrected chi connectivity index (χ4v) is 2.45. The van der Waals surface area contributed by atoms with E-state index in [-0.39, 0.29) is 12.1 Å². The molecule has 1 aliphatic rings. The van der Waals surface area contributed by atoms with Gasteiger partial charge in [-0.2, -0.15) is 0 Å². The maximum Gasteiger partial charge on any atom is 0.0574 e. The molecule has 94 valence electrons. The van der Waals surface area contributed by atoms with Crippen LogP contribution in [0, 0.1) is 0 Å². The van der Waals surface area contributed by atoms with Gasteiger partial charge in [-0.1, -0.05) is 18.2 Å². The predicted molar refractivity (Wildman–Crippen MR) is 71.2 cm³/mol. The van der Waals surface area contributed by atoms with Crippen LogP contribution in [0.15, 0.2) is 24.3 Å². The molecule has 1 aliphatic heterocycles. The summed E-state index contributed by atoms with van der Waals surface area (Å²) in [6.45, 7) is 3.92. The zero-order valence-corrected chi connectivity index (χ0v) is 10.5. The number of piperidine rings is 1. The van der Waals surface area contributed by atoms with Gasteiger partial charge in [0.1, 0.15) is 0 Å². The van der Waals surface area contributed by atoms with Gasteiger partial charge in [-0.15, -0.1) is 0 Å². The first-order valence-corrected chi connectivity index (χ1v) is 6.43. The van der Waals surface area contributed by atoms with Crippen LogP contribution in [0.2, 0.25) is 0 Å². The zero-order chi connectivity index (χ0) is 12.3. The van der Waals surface area contributed by atoms with Gasteiger partial charge in [0.05, 0.1) is 6.10 Å². The molecule has 0 saturated carbocycles. The van der Waals surface area contributed by atoms with Crippen molar-refractivity contribution in [2.24, 2.45) is 5.73 Å². The van der Waals surface area contributed by atoms with Crippen molar-refractivity contribution in [3.63, 3.8) is 0 Å². The van der Waals surface area contributed by atoms with Crippen molar-refractivity contribution in [2.75, 3.05) is 18.0 Å². The topological polar surface area (TPSA) is 49.5 Å². The Balaban J connectivity index is 2.14. The van der Waals surface area contributed by atoms with E-state index in [0.717, 1.165) is 32.4 Å². The number of nitrogens with zero attached hydrogens (tertiary/aromatic N) is 1. The summed E-state index contributed by atoms with van der Waals surface area (Å²) in [5, 5.41) is 9.54. The first-order chi connectivity index (χ1) is 8.16. The summed E-state index contributed by atoms with van der Waals surface area (Å²) in [5.41, 5.74) is 8.49. The van der Waals surface area contributed by atoms with Gasteiger partial charge < -0.3 is 15.7 Å². The lowest BCUT2D eigenvalue weighted by Gasteiger charge is -2.33. The summed E-state index contributed by atoms with van der Waals surface area (Å²) < 4.78 is 0. The summed E-state index contributed by atoms with van der Waals surface area (Å²) in [5.74, 6) is 0. The largest absolute Gasteiger partial charge is 0.393 e. The Morgan fingerprint density at radius 1 is 1.35 bits per heavy atom. The van der Waals surface area contributed by atoms with Gasteiger partial charge in [0.2, 0.25) is 0 Å². The molecule has 17 heavy (non-hydrogen) atoms. The highest BCUT2D eigenvalue weighted by Crippen LogP contribution is 2.25. The van der Waals surface area contributed by atoms with Crippen molar-refractivity contribution in [1.29, 1.82) is 0 Å². The number of anilines is 1. The second-order valence-corrected chi connectivity index (χ2v) is 5.03. The highest BCUT2D eigenvalue weighted by molar-refractivity contribution is 5.54. The molecule has 1 unspecified atom stereocenters. The molecule has 1 atom stereocenters. The molecule has 0 bridgehead atoms. The third kappa shape index (κ3) is 3.20. The number of para-hydroxylation sites is 1. The third-order valence-electron chi connectivity index (χ3n) is 3.34. The molecule has 1 aromatic carbocycles. The van der Waals surface area contributed by atoms with E-state index in [4.69, 9.17) is 5.73 Å². The molecule has 3 nitrogen and oxygen atoms in total. The number of hydrogen-bond donors (Lipinski definition) is 2. The second-order valence-electron chi connectivity index (χ2n) is 5.03. The Morgan fingerprint density at radius 2 is 2.00 bits per heavy atom. The average molecular weight is 234 g/mol. The lowest BCUT2D eigenvalue weighted by atomic mass is 10.0. The third-order valence-corrected chi connectivity index (χ3v) is 3.34. The molecule has 1 saturated heterocycles. The fraction of sp³-hybridized carbons (Fsp3) is 0.571. The lowest BCUT2D eigenvalue weighted by molar-refractivity contribution is 0.145. The molecular weight excluding hydrogens is 212 g/mol. The number of aliphatic hydroxyl groups is 1. The van der Waals surface area contributed by atoms with Gasteiger partial charge in [0.15, 0.2) is 0 Å². The van der Waals surface area contributed by atoms with Crippen LogP contribution < -0.4 is 10.6 Å². The minimum Gasteiger partial charge on any atom is -0.393 e. The van der Waals surface area contributed by atoms with E-state index < -0.39 is 0 Å². The Morgan fingerprint density at radius 3 is 2.65 bits per heavy atom. The number of aliphatic hydroxyl groups excluding tert-OH is 1. The van der Waals surface area contributed by atoms with Gasteiger partial charge in [0.25, 0.3) is 0 Å². The van der Waals surface area contributed by atoms with Gasteiger partial charge in [-0.25, -0.2) is 0 Å². The van der Waals surface area contributed by atoms with E-state index in [1.807, 2.05) is 6.92 Å². The molecule has 1 fully saturated rings. The van der Waals surface area contributed by atoms with Gasteiger partial charge in [0, 0.05) is 24.8 Å². The fourth-order valence-electron chi connectivity index (χ4n) is 2.45. The van der Waals surface area contributed by atoms with Crippen LogP contribution in [0.3, 0.4) is 0 Å². The zero-order valence-electron chi connectivity index (χ0n) is 10.5. The van der Waals surface area contributed by atoms with Crippen LogP contribution in [0.25, 0.3) is 0 Å². The smallest absolute Gasteiger partial charge is 0.0574 e. The Labute approximate surface area is 103 Å². The first-order valence-electron chi connectivity index (χ1n) is 6.43. The number of rotatable bonds is 3. The molecule has 2 rings (SSSR count). The average Bonchev–Trinajstić information content (AvgIpc) is 2.30. The number of hydrogen-bond acceptors (Lipinski definition) is 3. The van der Waals surface area contributed by atoms with Crippen molar-refractivity contribution in [3.05, 3.63) is 29.8 Å². The maximum absolute atomic E-state index is 9.54. The van der Waals surface area contributed by atoms with Crippen LogP contribution in [0.4, 0.5) is 5.69 Å². The van der Waals surface area contributed by atoms with Crippen molar-refractivity contribution >= 4 is 5.69 Å². The highest BCUT2D eigenvalue weighted by atomic mass is 16.3. The van der Waals surface area contributed by atoms with Crippen molar-refractivity contribution in [3.8, 4) is 0 Å². The van der Waals surface area contributed by atoms with Crippen molar-refractivity contribution in [2.45, 2.75) is 38.3 Å². The van der Waals surface area contributed by atoms with Crippen LogP contribution in [-0.4, -0.2) is 30.3 Å². The Kier molecular flexibility index (Phi) is 4.02. The summed E-state index contributed by atoms with van der Waals surface area (Å²) in [7, 11) is 0. The summed E-state index contributed by atoms with van der Waals surface area (Å²) in [6, 6.07) is 8.65. The van der Waals surface area contributed by atoms with E-state index in [0.29, 0.717) is 0 Å². The minimum absolute atomic E-state index is 0.119. The predicted octanol–water partition coefficient (Wildman–Crippen LogP) is 1.54. The number of benzene rings is 1. The van der Waals surface area contributed by atoms with E-state index in [2.05, 4.69) is 29.2 Å². The summed E-state index contributed by atoms with van der Waals surface area (Å²) in [6.07, 6.45) is 2.53. The molecule has 0 amide bonds. The van der Waals surface area contributed by atoms with Crippen LogP contribution in [0.1, 0.15) is 25.3 Å². The normalized spacial score (nSPS) is 19.4. The molecule has 1 heterocycles. The molecule has 1 aromatic rings. The van der Waals surface area contributed by atoms with Crippen LogP contribution >= 0.6 is 0 Å². The first kappa shape index (κ1) is 12.4. The molecule has 0 aliphatic carbocycles. The van der Waals surface area contributed by atoms with Crippen molar-refractivity contribution < 1.29 is 5.11 Å². The monoisotopic (exact) mass is 234 g/mol. The molecule has 0 radical (unpaired) electrons. The van der Waals surface area contributed by atoms with Gasteiger partial charge >= 0.3 is 0 Å². The summed E-state index contributed by atoms with van der Waals surface area (Å²) >= 11 is 0. The SMILES string of the molecule is CC(N)Cc1ccccc1N1CCC(O)CC1.